The predicted octanol–water partition coefficient (Wildman–Crippen LogP) is 5.43. The first kappa shape index (κ1) is 25.2. The summed E-state index contributed by atoms with van der Waals surface area (Å²) in [6.45, 7) is 5.07. The minimum atomic E-state index is -1.97. The number of nitriles is 2. The van der Waals surface area contributed by atoms with Crippen molar-refractivity contribution in [3.05, 3.63) is 102 Å². The third-order valence-electron chi connectivity index (χ3n) is 7.19. The minimum Gasteiger partial charge on any atom is -0.443 e. The average Bonchev–Trinajstić information content (AvgIpc) is 3.30. The first-order chi connectivity index (χ1) is 18.1. The molecule has 0 unspecified atom stereocenters. The van der Waals surface area contributed by atoms with E-state index >= 15 is 0 Å². The van der Waals surface area contributed by atoms with E-state index in [0.717, 1.165) is 9.96 Å². The molecule has 3 atom stereocenters. The van der Waals surface area contributed by atoms with Crippen LogP contribution >= 0.6 is 0 Å². The average molecular weight is 507 g/mol. The van der Waals surface area contributed by atoms with E-state index in [1.807, 2.05) is 0 Å². The molecule has 0 radical (unpaired) electrons. The molecule has 1 spiro atoms. The highest BCUT2D eigenvalue weighted by Gasteiger charge is 2.76. The largest absolute Gasteiger partial charge is 0.443 e. The summed E-state index contributed by atoms with van der Waals surface area (Å²) in [7, 11) is 0. The third kappa shape index (κ3) is 3.35. The van der Waals surface area contributed by atoms with Crippen LogP contribution in [0.1, 0.15) is 49.4 Å². The lowest BCUT2D eigenvalue weighted by Crippen LogP contribution is -2.53. The van der Waals surface area contributed by atoms with Crippen LogP contribution in [0.2, 0.25) is 0 Å². The van der Waals surface area contributed by atoms with Gasteiger partial charge in [-0.05, 0) is 38.0 Å². The van der Waals surface area contributed by atoms with Gasteiger partial charge in [0.2, 0.25) is 0 Å². The zero-order valence-electron chi connectivity index (χ0n) is 21.2. The summed E-state index contributed by atoms with van der Waals surface area (Å²) in [6, 6.07) is 27.2. The van der Waals surface area contributed by atoms with Crippen LogP contribution in [0, 0.1) is 28.1 Å². The number of imide groups is 1. The van der Waals surface area contributed by atoms with E-state index < -0.39 is 40.5 Å². The first-order valence-corrected chi connectivity index (χ1v) is 12.2. The molecule has 0 bridgehead atoms. The molecule has 2 heterocycles. The fourth-order valence-electron chi connectivity index (χ4n) is 5.86. The van der Waals surface area contributed by atoms with Crippen molar-refractivity contribution in [1.29, 1.82) is 10.5 Å². The molecule has 1 saturated heterocycles. The molecular formula is C30H26N4O4. The zero-order valence-corrected chi connectivity index (χ0v) is 21.2. The molecule has 0 aliphatic carbocycles. The van der Waals surface area contributed by atoms with Crippen LogP contribution in [0.15, 0.2) is 84.9 Å². The Morgan fingerprint density at radius 2 is 1.42 bits per heavy atom. The number of hydrogen-bond donors (Lipinski definition) is 1. The molecule has 8 heteroatoms. The topological polar surface area (TPSA) is 118 Å². The van der Waals surface area contributed by atoms with E-state index in [-0.39, 0.29) is 5.69 Å². The maximum absolute atomic E-state index is 14.6. The summed E-state index contributed by atoms with van der Waals surface area (Å²) in [6.07, 6.45) is -0.908. The number of rotatable bonds is 2. The van der Waals surface area contributed by atoms with Crippen molar-refractivity contribution in [2.24, 2.45) is 5.41 Å². The van der Waals surface area contributed by atoms with Crippen molar-refractivity contribution in [3.63, 3.8) is 0 Å². The van der Waals surface area contributed by atoms with Crippen molar-refractivity contribution in [3.8, 4) is 12.1 Å². The van der Waals surface area contributed by atoms with Gasteiger partial charge in [-0.3, -0.25) is 4.79 Å². The summed E-state index contributed by atoms with van der Waals surface area (Å²) in [5.74, 6) is -1.96. The number of benzene rings is 3. The molecule has 38 heavy (non-hydrogen) atoms. The number of anilines is 1. The molecule has 0 saturated carbocycles. The van der Waals surface area contributed by atoms with Crippen LogP contribution in [-0.2, 0) is 15.1 Å². The van der Waals surface area contributed by atoms with E-state index in [0.29, 0.717) is 16.7 Å². The van der Waals surface area contributed by atoms with Gasteiger partial charge in [0.1, 0.15) is 5.60 Å². The lowest BCUT2D eigenvalue weighted by atomic mass is 9.63. The number of carbonyl (C=O) groups is 2. The van der Waals surface area contributed by atoms with Crippen LogP contribution in [0.4, 0.5) is 10.5 Å². The highest BCUT2D eigenvalue weighted by atomic mass is 16.6. The van der Waals surface area contributed by atoms with Crippen LogP contribution in [0.5, 0.6) is 0 Å². The summed E-state index contributed by atoms with van der Waals surface area (Å²) < 4.78 is 5.58. The van der Waals surface area contributed by atoms with Crippen LogP contribution in [0.25, 0.3) is 0 Å². The SMILES string of the molecule is CC(C)(C)OC(=O)N1C(=O)[C@]2(c3ccccc31)[C@H](c1ccccc1)C(C#N)(C#N)[C@@H](c1ccccc1)N2O. The van der Waals surface area contributed by atoms with Crippen molar-refractivity contribution in [2.45, 2.75) is 43.9 Å². The lowest BCUT2D eigenvalue weighted by molar-refractivity contribution is -0.189. The van der Waals surface area contributed by atoms with Gasteiger partial charge in [0.15, 0.2) is 11.0 Å². The van der Waals surface area contributed by atoms with Gasteiger partial charge in [0, 0.05) is 5.56 Å². The van der Waals surface area contributed by atoms with Gasteiger partial charge in [-0.1, -0.05) is 78.9 Å². The van der Waals surface area contributed by atoms with E-state index in [4.69, 9.17) is 4.74 Å². The second-order valence-corrected chi connectivity index (χ2v) is 10.5. The van der Waals surface area contributed by atoms with Gasteiger partial charge in [-0.2, -0.15) is 15.6 Å². The molecule has 3 aromatic carbocycles. The second kappa shape index (κ2) is 8.81. The Morgan fingerprint density at radius 3 is 1.97 bits per heavy atom. The number of para-hydroxylation sites is 1. The number of ether oxygens (including phenoxy) is 1. The number of amides is 2. The molecule has 1 fully saturated rings. The third-order valence-corrected chi connectivity index (χ3v) is 7.19. The number of carbonyl (C=O) groups excluding carboxylic acids is 2. The molecular weight excluding hydrogens is 480 g/mol. The fourth-order valence-corrected chi connectivity index (χ4v) is 5.86. The number of hydroxylamine groups is 2. The Bertz CT molecular complexity index is 1470. The molecule has 190 valence electrons. The number of fused-ring (bicyclic) bond motifs is 2. The summed E-state index contributed by atoms with van der Waals surface area (Å²) in [5.41, 5.74) is -3.26. The van der Waals surface area contributed by atoms with Crippen molar-refractivity contribution < 1.29 is 19.5 Å². The summed E-state index contributed by atoms with van der Waals surface area (Å²) in [5, 5.41) is 34.3. The van der Waals surface area contributed by atoms with Gasteiger partial charge in [0.25, 0.3) is 5.91 Å². The lowest BCUT2D eigenvalue weighted by Gasteiger charge is -2.36. The molecule has 2 aliphatic rings. The van der Waals surface area contributed by atoms with Crippen LogP contribution in [0.3, 0.4) is 0 Å². The van der Waals surface area contributed by atoms with Gasteiger partial charge in [0.05, 0.1) is 29.8 Å². The molecule has 2 aliphatic heterocycles. The van der Waals surface area contributed by atoms with Crippen molar-refractivity contribution >= 4 is 17.7 Å². The van der Waals surface area contributed by atoms with Crippen LogP contribution in [-0.4, -0.2) is 27.9 Å². The molecule has 0 aromatic heterocycles. The Hall–Kier alpha value is -4.50. The smallest absolute Gasteiger partial charge is 0.421 e. The molecule has 2 amide bonds. The van der Waals surface area contributed by atoms with Crippen LogP contribution < -0.4 is 4.90 Å². The highest BCUT2D eigenvalue weighted by Crippen LogP contribution is 2.68. The van der Waals surface area contributed by atoms with Crippen molar-refractivity contribution in [1.82, 2.24) is 5.06 Å². The Balaban J connectivity index is 1.86. The highest BCUT2D eigenvalue weighted by molar-refractivity contribution is 6.21. The van der Waals surface area contributed by atoms with Gasteiger partial charge < -0.3 is 9.94 Å². The fraction of sp³-hybridized carbons (Fsp3) is 0.267. The Morgan fingerprint density at radius 1 is 0.895 bits per heavy atom. The Labute approximate surface area is 220 Å². The van der Waals surface area contributed by atoms with Gasteiger partial charge in [-0.25, -0.2) is 9.69 Å². The number of nitrogens with zero attached hydrogens (tertiary/aromatic N) is 4. The first-order valence-electron chi connectivity index (χ1n) is 12.2. The molecule has 1 N–H and O–H groups in total. The number of hydrogen-bond acceptors (Lipinski definition) is 7. The predicted molar refractivity (Wildman–Crippen MR) is 137 cm³/mol. The molecule has 5 rings (SSSR count). The van der Waals surface area contributed by atoms with E-state index in [2.05, 4.69) is 12.1 Å². The summed E-state index contributed by atoms with van der Waals surface area (Å²) >= 11 is 0. The normalized spacial score (nSPS) is 24.1. The van der Waals surface area contributed by atoms with E-state index in [9.17, 15) is 25.3 Å². The maximum Gasteiger partial charge on any atom is 0.421 e. The van der Waals surface area contributed by atoms with Crippen molar-refractivity contribution in [2.75, 3.05) is 4.90 Å². The monoisotopic (exact) mass is 506 g/mol. The van der Waals surface area contributed by atoms with E-state index in [1.54, 1.807) is 106 Å². The molecule has 3 aromatic rings. The standard InChI is InChI=1S/C30H26N4O4/c1-28(2,3)38-27(36)33-23-17-11-10-16-22(23)30(26(33)35)24(20-12-6-4-7-13-20)29(18-31,19-32)25(34(30)37)21-14-8-5-9-15-21/h4-17,24-25,37H,1-3H3/t24-,25-,30+/m1/s1. The van der Waals surface area contributed by atoms with E-state index in [1.165, 1.54) is 0 Å². The quantitative estimate of drug-likeness (QED) is 0.493. The maximum atomic E-state index is 14.6. The second-order valence-electron chi connectivity index (χ2n) is 10.5. The Kier molecular flexibility index (Phi) is 5.83. The summed E-state index contributed by atoms with van der Waals surface area (Å²) in [4.78, 5) is 28.9. The zero-order chi connectivity index (χ0) is 27.3. The van der Waals surface area contributed by atoms with Gasteiger partial charge >= 0.3 is 6.09 Å². The minimum absolute atomic E-state index is 0.227. The molecule has 8 nitrogen and oxygen atoms in total. The van der Waals surface area contributed by atoms with Gasteiger partial charge in [-0.15, -0.1) is 0 Å².